The third-order valence-electron chi connectivity index (χ3n) is 0. The minimum atomic E-state index is 0. The molecule has 0 spiro atoms. The van der Waals surface area contributed by atoms with E-state index < -0.39 is 0 Å². The Morgan fingerprint density at radius 1 is 1.00 bits per heavy atom. The summed E-state index contributed by atoms with van der Waals surface area (Å²) in [6, 6.07) is 0. The van der Waals surface area contributed by atoms with Gasteiger partial charge in [-0.3, -0.25) is 6.79 Å². The summed E-state index contributed by atoms with van der Waals surface area (Å²) in [6.07, 6.45) is 0. The van der Waals surface area contributed by atoms with Crippen molar-refractivity contribution >= 4 is 6.79 Å². The Bertz CT molecular complexity index is 9.61. The van der Waals surface area contributed by atoms with E-state index in [1.165, 1.54) is 0 Å². The van der Waals surface area contributed by atoms with Gasteiger partial charge in [-0.15, -0.1) is 0 Å². The van der Waals surface area contributed by atoms with Crippen LogP contribution in [0, 0.1) is 0 Å². The van der Waals surface area contributed by atoms with E-state index in [-0.39, 0.29) is 50.9 Å². The van der Waals surface area contributed by atoms with Crippen LogP contribution >= 0.6 is 0 Å². The van der Waals surface area contributed by atoms with Crippen molar-refractivity contribution in [3.63, 3.8) is 0 Å². The zero-order valence-electron chi connectivity index (χ0n) is 2.17. The Labute approximate surface area is 62.3 Å². The van der Waals surface area contributed by atoms with Crippen molar-refractivity contribution in [2.75, 3.05) is 0 Å². The predicted octanol–water partition coefficient (Wildman–Crippen LogP) is 0.438. The summed E-state index contributed by atoms with van der Waals surface area (Å²) in [7, 11) is 0. The van der Waals surface area contributed by atoms with E-state index in [0.717, 1.165) is 0 Å². The largest absolute Gasteiger partial charge is 0.693 e. The second kappa shape index (κ2) is 70.0. The summed E-state index contributed by atoms with van der Waals surface area (Å²) in [5.74, 6) is 0. The molecule has 2 nitrogen and oxygen atoms in total. The van der Waals surface area contributed by atoms with E-state index in [1.54, 1.807) is 0 Å². The summed E-state index contributed by atoms with van der Waals surface area (Å²) >= 11 is 0. The summed E-state index contributed by atoms with van der Waals surface area (Å²) in [4.78, 5) is 7.75. The van der Waals surface area contributed by atoms with Crippen molar-refractivity contribution in [1.82, 2.24) is 0 Å². The van der Waals surface area contributed by atoms with E-state index >= 15 is 0 Å². The van der Waals surface area contributed by atoms with Crippen LogP contribution < -0.4 is 0 Å². The third kappa shape index (κ3) is 40.1. The van der Waals surface area contributed by atoms with E-state index in [2.05, 4.69) is 6.79 Å². The smallest absolute Gasteiger partial charge is 0 e. The first-order valence-electron chi connectivity index (χ1n) is 0.236. The molecule has 5 heavy (non-hydrogen) atoms. The molecule has 0 unspecified atom stereocenters. The van der Waals surface area contributed by atoms with Crippen LogP contribution in [0.3, 0.4) is 0 Å². The topological polar surface area (TPSA) is 50.6 Å². The number of hydrogen-bond donors (Lipinski definition) is 0. The zero-order chi connectivity index (χ0) is 2.00. The van der Waals surface area contributed by atoms with Gasteiger partial charge in [0.1, 0.15) is 0 Å². The first-order chi connectivity index (χ1) is 1.00. The van der Waals surface area contributed by atoms with Crippen molar-refractivity contribution in [3.8, 4) is 0 Å². The number of rotatable bonds is 0. The summed E-state index contributed by atoms with van der Waals surface area (Å²) in [5.41, 5.74) is 0. The molecule has 0 rings (SSSR count). The number of nitrogens with two attached hydrogens (primary N) is 1. The van der Waals surface area contributed by atoms with E-state index in [1.807, 2.05) is 0 Å². The molecular formula is CH3Ag2NO-2. The molecule has 0 aliphatic rings. The molecule has 0 aromatic carbocycles. The van der Waals surface area contributed by atoms with Crippen LogP contribution in [0.2, 0.25) is 0 Å². The van der Waals surface area contributed by atoms with Gasteiger partial charge < -0.3 is 10.9 Å². The molecule has 42 valence electrons. The molecule has 0 saturated carbocycles. The first kappa shape index (κ1) is 35.8. The molecule has 0 aromatic rings. The first-order valence-corrected chi connectivity index (χ1v) is 0.236. The monoisotopic (exact) mass is 259 g/mol. The Hall–Kier alpha value is 1.11. The van der Waals surface area contributed by atoms with Crippen molar-refractivity contribution in [3.05, 3.63) is 6.15 Å². The molecule has 0 aliphatic heterocycles. The molecule has 0 aliphatic carbocycles. The molecule has 0 heterocycles. The maximum Gasteiger partial charge on any atom is 0 e. The molecule has 0 fully saturated rings. The summed E-state index contributed by atoms with van der Waals surface area (Å²) < 4.78 is 0. The molecule has 2 radical (unpaired) electrons. The molecule has 2 N–H and O–H groups in total. The van der Waals surface area contributed by atoms with Crippen LogP contribution in [0.4, 0.5) is 0 Å². The van der Waals surface area contributed by atoms with Crippen LogP contribution in [0.1, 0.15) is 0 Å². The summed E-state index contributed by atoms with van der Waals surface area (Å²) in [5, 5.41) is 0. The average molecular weight is 261 g/mol. The molecule has 0 amide bonds. The zero-order valence-corrected chi connectivity index (χ0v) is 5.13. The second-order valence-electron chi connectivity index (χ2n) is 0. The van der Waals surface area contributed by atoms with Gasteiger partial charge in [-0.1, -0.05) is 0 Å². The van der Waals surface area contributed by atoms with Gasteiger partial charge in [-0.25, -0.2) is 0 Å². The standard InChI is InChI=1S/CHO.2Ag.H2N/c1-2;;;/h1H;;;1H2/q-1;;;-1. The maximum atomic E-state index is 7.75. The van der Waals surface area contributed by atoms with Crippen LogP contribution in [0.15, 0.2) is 0 Å². The van der Waals surface area contributed by atoms with Crippen molar-refractivity contribution < 1.29 is 49.6 Å². The van der Waals surface area contributed by atoms with Gasteiger partial charge in [-0.05, 0) is 0 Å². The summed E-state index contributed by atoms with van der Waals surface area (Å²) in [6.45, 7) is 3.25. The van der Waals surface area contributed by atoms with Crippen LogP contribution in [-0.2, 0) is 49.6 Å². The van der Waals surface area contributed by atoms with Crippen LogP contribution in [0.25, 0.3) is 6.15 Å². The minimum Gasteiger partial charge on any atom is -0.693 e. The van der Waals surface area contributed by atoms with Gasteiger partial charge >= 0.3 is 0 Å². The normalized spacial score (nSPS) is 0.800. The quantitative estimate of drug-likeness (QED) is 0.354. The Kier molecular flexibility index (Phi) is 502. The van der Waals surface area contributed by atoms with Crippen molar-refractivity contribution in [1.29, 1.82) is 0 Å². The second-order valence-corrected chi connectivity index (χ2v) is 0. The Balaban J connectivity index is -0.00000000167. The number of carbonyl (C=O) groups excluding carboxylic acids is 1. The van der Waals surface area contributed by atoms with E-state index in [4.69, 9.17) is 4.79 Å². The van der Waals surface area contributed by atoms with E-state index in [0.29, 0.717) is 0 Å². The van der Waals surface area contributed by atoms with Gasteiger partial charge in [0.15, 0.2) is 0 Å². The minimum absolute atomic E-state index is 0. The molecule has 0 aromatic heterocycles. The molecular weight excluding hydrogens is 258 g/mol. The van der Waals surface area contributed by atoms with Crippen LogP contribution in [-0.4, -0.2) is 6.79 Å². The van der Waals surface area contributed by atoms with Crippen molar-refractivity contribution in [2.45, 2.75) is 0 Å². The fourth-order valence-electron chi connectivity index (χ4n) is 0. The Morgan fingerprint density at radius 3 is 1.00 bits per heavy atom. The van der Waals surface area contributed by atoms with E-state index in [9.17, 15) is 0 Å². The fraction of sp³-hybridized carbons (Fsp3) is 0. The van der Waals surface area contributed by atoms with Gasteiger partial charge in [0.2, 0.25) is 0 Å². The van der Waals surface area contributed by atoms with Crippen LogP contribution in [0.5, 0.6) is 0 Å². The van der Waals surface area contributed by atoms with Crippen molar-refractivity contribution in [2.24, 2.45) is 0 Å². The SMILES string of the molecule is [Ag].[Ag].[CH-]=O.[NH2-]. The average Bonchev–Trinajstić information content (AvgIpc) is 1.00. The predicted molar refractivity (Wildman–Crippen MR) is 12.0 cm³/mol. The molecule has 0 bridgehead atoms. The fourth-order valence-corrected chi connectivity index (χ4v) is 0. The molecule has 0 atom stereocenters. The van der Waals surface area contributed by atoms with Gasteiger partial charge in [0.05, 0.1) is 0 Å². The number of hydrogen-bond acceptors (Lipinski definition) is 1. The molecule has 0 saturated heterocycles. The maximum absolute atomic E-state index is 7.75. The van der Waals surface area contributed by atoms with Gasteiger partial charge in [-0.2, -0.15) is 0 Å². The van der Waals surface area contributed by atoms with Gasteiger partial charge in [0.25, 0.3) is 0 Å². The Morgan fingerprint density at radius 2 is 1.00 bits per heavy atom. The molecule has 4 heteroatoms. The third-order valence-corrected chi connectivity index (χ3v) is 0. The van der Waals surface area contributed by atoms with Gasteiger partial charge in [0, 0.05) is 44.8 Å².